The van der Waals surface area contributed by atoms with E-state index in [1.165, 1.54) is 0 Å². The molecule has 0 N–H and O–H groups in total. The lowest BCUT2D eigenvalue weighted by atomic mass is 9.94. The molecule has 2 heterocycles. The minimum atomic E-state index is -0.429. The van der Waals surface area contributed by atoms with Crippen LogP contribution in [0.15, 0.2) is 42.7 Å². The molecular weight excluding hydrogens is 312 g/mol. The first kappa shape index (κ1) is 15.9. The maximum absolute atomic E-state index is 12.3. The van der Waals surface area contributed by atoms with Crippen LogP contribution in [0.1, 0.15) is 18.2 Å². The van der Waals surface area contributed by atoms with E-state index in [0.29, 0.717) is 11.6 Å². The summed E-state index contributed by atoms with van der Waals surface area (Å²) in [4.78, 5) is 14.1. The first-order valence-electron chi connectivity index (χ1n) is 7.51. The fraction of sp³-hybridized carbons (Fsp3) is 0.333. The van der Waals surface area contributed by atoms with Crippen molar-refractivity contribution in [3.05, 3.63) is 53.4 Å². The highest BCUT2D eigenvalue weighted by Gasteiger charge is 2.49. The van der Waals surface area contributed by atoms with Crippen LogP contribution in [0.3, 0.4) is 0 Å². The summed E-state index contributed by atoms with van der Waals surface area (Å²) < 4.78 is 7.51. The topological polar surface area (TPSA) is 34.5 Å². The number of rotatable bonds is 5. The number of likely N-dealkylation sites (tertiary alicyclic amines) is 1. The molecule has 1 aliphatic rings. The zero-order valence-corrected chi connectivity index (χ0v) is 14.0. The maximum Gasteiger partial charge on any atom is 0.254 e. The molecular formula is C18H19ClN2O2. The number of β-lactam (4-membered cyclic amide) rings is 1. The fourth-order valence-corrected chi connectivity index (χ4v) is 3.42. The average Bonchev–Trinajstić information content (AvgIpc) is 2.84. The number of hydrogen-bond acceptors (Lipinski definition) is 2. The molecule has 0 saturated carbocycles. The summed E-state index contributed by atoms with van der Waals surface area (Å²) in [5.74, 6) is 0.0262. The first-order chi connectivity index (χ1) is 11.1. The Labute approximate surface area is 140 Å². The van der Waals surface area contributed by atoms with E-state index < -0.39 is 6.10 Å². The molecule has 5 heteroatoms. The molecule has 0 spiro atoms. The van der Waals surface area contributed by atoms with Crippen LogP contribution in [-0.4, -0.2) is 35.1 Å². The minimum Gasteiger partial charge on any atom is -0.369 e. The molecule has 2 unspecified atom stereocenters. The van der Waals surface area contributed by atoms with Crippen LogP contribution in [0, 0.1) is 0 Å². The van der Waals surface area contributed by atoms with E-state index in [9.17, 15) is 4.79 Å². The maximum atomic E-state index is 12.3. The molecule has 4 nitrogen and oxygen atoms in total. The number of ether oxygens (including phenoxy) is 1. The molecule has 1 saturated heterocycles. The number of fused-ring (bicyclic) bond motifs is 1. The summed E-state index contributed by atoms with van der Waals surface area (Å²) in [6.45, 7) is 4.19. The van der Waals surface area contributed by atoms with Crippen LogP contribution in [0.4, 0.5) is 0 Å². The fourth-order valence-electron chi connectivity index (χ4n) is 3.24. The number of amides is 1. The van der Waals surface area contributed by atoms with Crippen molar-refractivity contribution in [3.8, 4) is 0 Å². The molecule has 120 valence electrons. The van der Waals surface area contributed by atoms with E-state index >= 15 is 0 Å². The van der Waals surface area contributed by atoms with E-state index in [1.54, 1.807) is 7.11 Å². The normalized spacial score (nSPS) is 20.5. The summed E-state index contributed by atoms with van der Waals surface area (Å²) in [5, 5.41) is 1.77. The number of carbonyl (C=O) groups excluding carboxylic acids is 1. The highest BCUT2D eigenvalue weighted by Crippen LogP contribution is 2.39. The van der Waals surface area contributed by atoms with Gasteiger partial charge >= 0.3 is 0 Å². The highest BCUT2D eigenvalue weighted by molar-refractivity contribution is 6.31. The molecule has 1 amide bonds. The van der Waals surface area contributed by atoms with Crippen molar-refractivity contribution in [2.45, 2.75) is 18.6 Å². The second-order valence-corrected chi connectivity index (χ2v) is 6.10. The molecule has 1 fully saturated rings. The van der Waals surface area contributed by atoms with Crippen LogP contribution in [0.5, 0.6) is 0 Å². The Kier molecular flexibility index (Phi) is 4.31. The number of hydrogen-bond donors (Lipinski definition) is 0. The third-order valence-electron chi connectivity index (χ3n) is 4.41. The zero-order valence-electron chi connectivity index (χ0n) is 13.3. The number of carbonyl (C=O) groups is 1. The Hall–Kier alpha value is -2.00. The number of methoxy groups -OCH3 is 1. The van der Waals surface area contributed by atoms with Crippen molar-refractivity contribution >= 4 is 28.4 Å². The van der Waals surface area contributed by atoms with Crippen LogP contribution < -0.4 is 0 Å². The Morgan fingerprint density at radius 1 is 1.43 bits per heavy atom. The third kappa shape index (κ3) is 2.59. The number of aryl methyl sites for hydroxylation is 1. The quantitative estimate of drug-likeness (QED) is 0.621. The summed E-state index contributed by atoms with van der Waals surface area (Å²) >= 11 is 6.08. The van der Waals surface area contributed by atoms with Gasteiger partial charge in [-0.3, -0.25) is 4.79 Å². The Balaban J connectivity index is 1.98. The van der Waals surface area contributed by atoms with Gasteiger partial charge in [0.1, 0.15) is 6.04 Å². The van der Waals surface area contributed by atoms with Gasteiger partial charge in [0.25, 0.3) is 5.91 Å². The summed E-state index contributed by atoms with van der Waals surface area (Å²) in [5.41, 5.74) is 4.88. The zero-order chi connectivity index (χ0) is 16.6. The van der Waals surface area contributed by atoms with Gasteiger partial charge in [0, 0.05) is 42.3 Å². The van der Waals surface area contributed by atoms with E-state index in [0.717, 1.165) is 23.0 Å². The molecule has 1 aromatic carbocycles. The minimum absolute atomic E-state index is 0.0262. The summed E-state index contributed by atoms with van der Waals surface area (Å²) in [6.07, 6.45) is 2.14. The van der Waals surface area contributed by atoms with E-state index in [2.05, 4.69) is 22.9 Å². The summed E-state index contributed by atoms with van der Waals surface area (Å²) in [6, 6.07) is 7.81. The Morgan fingerprint density at radius 2 is 2.22 bits per heavy atom. The van der Waals surface area contributed by atoms with Crippen LogP contribution in [0.25, 0.3) is 10.9 Å². The lowest BCUT2D eigenvalue weighted by Crippen LogP contribution is -2.60. The van der Waals surface area contributed by atoms with Gasteiger partial charge in [0.2, 0.25) is 0 Å². The van der Waals surface area contributed by atoms with E-state index in [-0.39, 0.29) is 11.9 Å². The van der Waals surface area contributed by atoms with Gasteiger partial charge in [-0.1, -0.05) is 18.2 Å². The molecule has 0 aliphatic carbocycles. The van der Waals surface area contributed by atoms with Gasteiger partial charge < -0.3 is 14.2 Å². The predicted octanol–water partition coefficient (Wildman–Crippen LogP) is 3.46. The molecule has 0 bridgehead atoms. The number of aromatic nitrogens is 1. The second-order valence-electron chi connectivity index (χ2n) is 5.66. The van der Waals surface area contributed by atoms with Gasteiger partial charge in [0.05, 0.1) is 0 Å². The van der Waals surface area contributed by atoms with Crippen molar-refractivity contribution in [3.63, 3.8) is 0 Å². The monoisotopic (exact) mass is 330 g/mol. The lowest BCUT2D eigenvalue weighted by molar-refractivity contribution is -0.171. The van der Waals surface area contributed by atoms with Crippen LogP contribution in [0.2, 0.25) is 5.02 Å². The largest absolute Gasteiger partial charge is 0.369 e. The lowest BCUT2D eigenvalue weighted by Gasteiger charge is -2.46. The van der Waals surface area contributed by atoms with Gasteiger partial charge in [-0.15, -0.1) is 5.73 Å². The molecule has 0 radical (unpaired) electrons. The Morgan fingerprint density at radius 3 is 2.91 bits per heavy atom. The SMILES string of the molecule is C=C=CCCN1C(=O)C(OC)C1c1cc2cc(Cl)ccc2n1C. The molecule has 1 aromatic heterocycles. The standard InChI is InChI=1S/C18H19ClN2O2/c1-4-5-6-9-21-16(17(23-3)18(21)22)15-11-12-10-13(19)7-8-14(12)20(15)2/h5,7-8,10-11,16-17H,1,6,9H2,2-3H3. The van der Waals surface area contributed by atoms with Gasteiger partial charge in [-0.2, -0.15) is 0 Å². The number of halogens is 1. The third-order valence-corrected chi connectivity index (χ3v) is 4.64. The highest BCUT2D eigenvalue weighted by atomic mass is 35.5. The van der Waals surface area contributed by atoms with E-state index in [1.807, 2.05) is 36.2 Å². The smallest absolute Gasteiger partial charge is 0.254 e. The van der Waals surface area contributed by atoms with Crippen molar-refractivity contribution in [2.75, 3.05) is 13.7 Å². The van der Waals surface area contributed by atoms with Crippen molar-refractivity contribution in [1.29, 1.82) is 0 Å². The van der Waals surface area contributed by atoms with Gasteiger partial charge in [-0.25, -0.2) is 0 Å². The van der Waals surface area contributed by atoms with Crippen molar-refractivity contribution in [2.24, 2.45) is 7.05 Å². The van der Waals surface area contributed by atoms with Gasteiger partial charge in [0.15, 0.2) is 6.10 Å². The number of benzene rings is 1. The van der Waals surface area contributed by atoms with Crippen molar-refractivity contribution in [1.82, 2.24) is 9.47 Å². The number of nitrogens with zero attached hydrogens (tertiary/aromatic N) is 2. The molecule has 3 rings (SSSR count). The van der Waals surface area contributed by atoms with E-state index in [4.69, 9.17) is 16.3 Å². The molecule has 1 aliphatic heterocycles. The molecule has 23 heavy (non-hydrogen) atoms. The molecule has 2 atom stereocenters. The summed E-state index contributed by atoms with van der Waals surface area (Å²) in [7, 11) is 3.58. The van der Waals surface area contributed by atoms with Crippen LogP contribution in [-0.2, 0) is 16.6 Å². The van der Waals surface area contributed by atoms with Gasteiger partial charge in [-0.05, 0) is 36.8 Å². The second kappa shape index (κ2) is 6.25. The van der Waals surface area contributed by atoms with Crippen LogP contribution >= 0.6 is 11.6 Å². The molecule has 2 aromatic rings. The van der Waals surface area contributed by atoms with Crippen molar-refractivity contribution < 1.29 is 9.53 Å². The average molecular weight is 331 g/mol. The first-order valence-corrected chi connectivity index (χ1v) is 7.88. The predicted molar refractivity (Wildman–Crippen MR) is 91.5 cm³/mol. The Bertz CT molecular complexity index is 805.